The third-order valence-corrected chi connectivity index (χ3v) is 4.55. The van der Waals surface area contributed by atoms with Gasteiger partial charge in [0.05, 0.1) is 5.56 Å². The van der Waals surface area contributed by atoms with Gasteiger partial charge in [-0.25, -0.2) is 0 Å². The second-order valence-corrected chi connectivity index (χ2v) is 6.19. The Morgan fingerprint density at radius 3 is 2.71 bits per heavy atom. The monoisotopic (exact) mass is 344 g/mol. The zero-order valence-corrected chi connectivity index (χ0v) is 13.3. The molecule has 0 aliphatic carbocycles. The van der Waals surface area contributed by atoms with Crippen LogP contribution in [0.3, 0.4) is 0 Å². The van der Waals surface area contributed by atoms with Crippen molar-refractivity contribution in [1.82, 2.24) is 4.90 Å². The number of rotatable bonds is 1. The highest BCUT2D eigenvalue weighted by Crippen LogP contribution is 2.24. The molecule has 2 aromatic carbocycles. The van der Waals surface area contributed by atoms with Gasteiger partial charge in [-0.1, -0.05) is 24.3 Å². The van der Waals surface area contributed by atoms with Crippen molar-refractivity contribution in [1.29, 1.82) is 0 Å². The van der Waals surface area contributed by atoms with Crippen molar-refractivity contribution in [2.75, 3.05) is 12.3 Å². The van der Waals surface area contributed by atoms with Crippen LogP contribution in [0.1, 0.15) is 27.9 Å². The molecule has 2 N–H and O–H groups in total. The predicted molar refractivity (Wildman–Crippen MR) is 88.1 cm³/mol. The number of nitrogens with two attached hydrogens (primary N) is 1. The lowest BCUT2D eigenvalue weighted by Crippen LogP contribution is -2.31. The average molecular weight is 345 g/mol. The fourth-order valence-electron chi connectivity index (χ4n) is 2.75. The van der Waals surface area contributed by atoms with E-state index in [0.717, 1.165) is 23.9 Å². The minimum absolute atomic E-state index is 0.0332. The molecule has 1 heterocycles. The van der Waals surface area contributed by atoms with Gasteiger partial charge in [0, 0.05) is 23.2 Å². The Kier molecular flexibility index (Phi) is 3.97. The molecule has 0 saturated carbocycles. The maximum atomic E-state index is 12.8. The summed E-state index contributed by atoms with van der Waals surface area (Å²) in [5.74, 6) is 0.0332. The van der Waals surface area contributed by atoms with Gasteiger partial charge in [0.2, 0.25) is 0 Å². The lowest BCUT2D eigenvalue weighted by molar-refractivity contribution is 0.0745. The van der Waals surface area contributed by atoms with E-state index in [1.54, 1.807) is 12.1 Å². The molecule has 0 aromatic heterocycles. The first-order valence-electron chi connectivity index (χ1n) is 7.06. The third kappa shape index (κ3) is 2.95. The summed E-state index contributed by atoms with van der Waals surface area (Å²) in [6, 6.07) is 13.7. The number of fused-ring (bicyclic) bond motifs is 1. The molecule has 0 unspecified atom stereocenters. The molecule has 108 valence electrons. The van der Waals surface area contributed by atoms with E-state index in [1.165, 1.54) is 11.1 Å². The number of aryl methyl sites for hydroxylation is 1. The Bertz CT molecular complexity index is 684. The quantitative estimate of drug-likeness (QED) is 0.803. The number of nitrogens with zero attached hydrogens (tertiary/aromatic N) is 1. The second kappa shape index (κ2) is 5.90. The molecule has 0 radical (unpaired) electrons. The molecule has 1 aliphatic heterocycles. The minimum Gasteiger partial charge on any atom is -0.399 e. The van der Waals surface area contributed by atoms with Crippen LogP contribution in [0.2, 0.25) is 0 Å². The Morgan fingerprint density at radius 2 is 1.90 bits per heavy atom. The molecule has 0 saturated heterocycles. The van der Waals surface area contributed by atoms with Crippen molar-refractivity contribution in [3.05, 3.63) is 63.6 Å². The predicted octanol–water partition coefficient (Wildman–Crippen LogP) is 3.62. The number of hydrogen-bond donors (Lipinski definition) is 1. The summed E-state index contributed by atoms with van der Waals surface area (Å²) >= 11 is 3.45. The first-order chi connectivity index (χ1) is 10.1. The summed E-state index contributed by atoms with van der Waals surface area (Å²) in [6.45, 7) is 1.44. The first kappa shape index (κ1) is 14.1. The first-order valence-corrected chi connectivity index (χ1v) is 7.85. The zero-order valence-electron chi connectivity index (χ0n) is 11.7. The Labute approximate surface area is 132 Å². The number of amides is 1. The van der Waals surface area contributed by atoms with Crippen LogP contribution in [0.15, 0.2) is 46.9 Å². The van der Waals surface area contributed by atoms with Gasteiger partial charge in [0.1, 0.15) is 0 Å². The van der Waals surface area contributed by atoms with Gasteiger partial charge in [-0.05, 0) is 58.1 Å². The molecular weight excluding hydrogens is 328 g/mol. The van der Waals surface area contributed by atoms with E-state index in [4.69, 9.17) is 5.73 Å². The van der Waals surface area contributed by atoms with Gasteiger partial charge in [-0.2, -0.15) is 0 Å². The van der Waals surface area contributed by atoms with E-state index in [9.17, 15) is 4.79 Å². The normalized spacial score (nSPS) is 14.4. The second-order valence-electron chi connectivity index (χ2n) is 5.34. The summed E-state index contributed by atoms with van der Waals surface area (Å²) in [5.41, 5.74) is 9.64. The van der Waals surface area contributed by atoms with E-state index in [1.807, 2.05) is 17.0 Å². The van der Waals surface area contributed by atoms with Crippen LogP contribution in [0.4, 0.5) is 5.69 Å². The van der Waals surface area contributed by atoms with Gasteiger partial charge < -0.3 is 10.6 Å². The summed E-state index contributed by atoms with van der Waals surface area (Å²) in [4.78, 5) is 14.7. The van der Waals surface area contributed by atoms with E-state index in [-0.39, 0.29) is 5.91 Å². The number of hydrogen-bond acceptors (Lipinski definition) is 2. The van der Waals surface area contributed by atoms with Crippen LogP contribution in [-0.4, -0.2) is 17.4 Å². The van der Waals surface area contributed by atoms with Crippen molar-refractivity contribution >= 4 is 27.5 Å². The zero-order chi connectivity index (χ0) is 14.8. The van der Waals surface area contributed by atoms with Gasteiger partial charge in [-0.3, -0.25) is 4.79 Å². The molecule has 1 aliphatic rings. The highest BCUT2D eigenvalue weighted by Gasteiger charge is 2.21. The number of benzene rings is 2. The lowest BCUT2D eigenvalue weighted by Gasteiger charge is -2.22. The highest BCUT2D eigenvalue weighted by atomic mass is 79.9. The summed E-state index contributed by atoms with van der Waals surface area (Å²) in [7, 11) is 0. The molecule has 0 spiro atoms. The summed E-state index contributed by atoms with van der Waals surface area (Å²) in [6.07, 6.45) is 2.01. The Hall–Kier alpha value is -1.81. The van der Waals surface area contributed by atoms with Crippen LogP contribution in [-0.2, 0) is 13.0 Å². The maximum Gasteiger partial charge on any atom is 0.255 e. The highest BCUT2D eigenvalue weighted by molar-refractivity contribution is 9.10. The van der Waals surface area contributed by atoms with Crippen LogP contribution in [0.25, 0.3) is 0 Å². The van der Waals surface area contributed by atoms with Crippen LogP contribution in [0, 0.1) is 0 Å². The van der Waals surface area contributed by atoms with Gasteiger partial charge in [0.15, 0.2) is 0 Å². The van der Waals surface area contributed by atoms with Gasteiger partial charge in [0.25, 0.3) is 5.91 Å². The van der Waals surface area contributed by atoms with Crippen molar-refractivity contribution in [2.45, 2.75) is 19.4 Å². The van der Waals surface area contributed by atoms with E-state index in [2.05, 4.69) is 34.1 Å². The Balaban J connectivity index is 1.90. The molecule has 3 rings (SSSR count). The molecule has 0 fully saturated rings. The fourth-order valence-corrected chi connectivity index (χ4v) is 3.17. The fraction of sp³-hybridized carbons (Fsp3) is 0.235. The minimum atomic E-state index is 0.0332. The van der Waals surface area contributed by atoms with Gasteiger partial charge in [-0.15, -0.1) is 0 Å². The SMILES string of the molecule is Nc1ccc(Br)c(C(=O)N2CCCc3ccccc3C2)c1. The molecular formula is C17H17BrN2O. The standard InChI is InChI=1S/C17H17BrN2O/c18-16-8-7-14(19)10-15(16)17(21)20-9-3-6-12-4-1-2-5-13(12)11-20/h1-2,4-5,7-8,10H,3,6,9,11,19H2. The lowest BCUT2D eigenvalue weighted by atomic mass is 10.0. The van der Waals surface area contributed by atoms with Crippen LogP contribution < -0.4 is 5.73 Å². The number of anilines is 1. The average Bonchev–Trinajstić information content (AvgIpc) is 2.71. The molecule has 0 atom stereocenters. The van der Waals surface area contributed by atoms with E-state index in [0.29, 0.717) is 17.8 Å². The topological polar surface area (TPSA) is 46.3 Å². The Morgan fingerprint density at radius 1 is 1.14 bits per heavy atom. The summed E-state index contributed by atoms with van der Waals surface area (Å²) in [5, 5.41) is 0. The van der Waals surface area contributed by atoms with Crippen molar-refractivity contribution in [3.63, 3.8) is 0 Å². The number of nitrogen functional groups attached to an aromatic ring is 1. The molecule has 2 aromatic rings. The van der Waals surface area contributed by atoms with Crippen LogP contribution >= 0.6 is 15.9 Å². The molecule has 3 nitrogen and oxygen atoms in total. The number of halogens is 1. The largest absolute Gasteiger partial charge is 0.399 e. The molecule has 0 bridgehead atoms. The third-order valence-electron chi connectivity index (χ3n) is 3.86. The van der Waals surface area contributed by atoms with Crippen molar-refractivity contribution in [2.24, 2.45) is 0 Å². The number of carbonyl (C=O) groups excluding carboxylic acids is 1. The molecule has 1 amide bonds. The molecule has 4 heteroatoms. The van der Waals surface area contributed by atoms with Crippen molar-refractivity contribution < 1.29 is 4.79 Å². The molecule has 21 heavy (non-hydrogen) atoms. The number of carbonyl (C=O) groups is 1. The van der Waals surface area contributed by atoms with E-state index < -0.39 is 0 Å². The summed E-state index contributed by atoms with van der Waals surface area (Å²) < 4.78 is 0.791. The smallest absolute Gasteiger partial charge is 0.255 e. The van der Waals surface area contributed by atoms with Gasteiger partial charge >= 0.3 is 0 Å². The maximum absolute atomic E-state index is 12.8. The van der Waals surface area contributed by atoms with Crippen LogP contribution in [0.5, 0.6) is 0 Å². The van der Waals surface area contributed by atoms with Crippen molar-refractivity contribution in [3.8, 4) is 0 Å². The van der Waals surface area contributed by atoms with E-state index >= 15 is 0 Å².